The van der Waals surface area contributed by atoms with Gasteiger partial charge in [0, 0.05) is 11.0 Å². The molecular weight excluding hydrogens is 292 g/mol. The summed E-state index contributed by atoms with van der Waals surface area (Å²) >= 11 is 1.37. The molecule has 0 heterocycles. The Morgan fingerprint density at radius 1 is 1.10 bits per heavy atom. The molecule has 21 heavy (non-hydrogen) atoms. The second kappa shape index (κ2) is 6.72. The molecular formula is C16H15F2NOS. The van der Waals surface area contributed by atoms with Crippen LogP contribution in [0.4, 0.5) is 14.5 Å². The molecule has 0 saturated carbocycles. The van der Waals surface area contributed by atoms with E-state index in [0.29, 0.717) is 0 Å². The van der Waals surface area contributed by atoms with Crippen LogP contribution in [0, 0.1) is 25.5 Å². The number of nitrogens with one attached hydrogen (secondary N) is 1. The van der Waals surface area contributed by atoms with Crippen LogP contribution in [-0.4, -0.2) is 11.7 Å². The predicted molar refractivity (Wildman–Crippen MR) is 81.6 cm³/mol. The fourth-order valence-electron chi connectivity index (χ4n) is 1.73. The van der Waals surface area contributed by atoms with E-state index >= 15 is 0 Å². The first-order valence-electron chi connectivity index (χ1n) is 6.40. The van der Waals surface area contributed by atoms with Crippen molar-refractivity contribution in [1.82, 2.24) is 0 Å². The van der Waals surface area contributed by atoms with E-state index in [4.69, 9.17) is 0 Å². The van der Waals surface area contributed by atoms with E-state index in [1.807, 2.05) is 32.0 Å². The quantitative estimate of drug-likeness (QED) is 0.853. The number of carbonyl (C=O) groups is 1. The smallest absolute Gasteiger partial charge is 0.234 e. The number of hydrogen-bond donors (Lipinski definition) is 1. The lowest BCUT2D eigenvalue weighted by Crippen LogP contribution is -2.15. The number of anilines is 1. The first kappa shape index (κ1) is 15.5. The van der Waals surface area contributed by atoms with E-state index in [1.54, 1.807) is 0 Å². The fraction of sp³-hybridized carbons (Fsp3) is 0.188. The minimum absolute atomic E-state index is 0.0120. The Morgan fingerprint density at radius 2 is 1.86 bits per heavy atom. The number of thioether (sulfide) groups is 1. The molecule has 1 N–H and O–H groups in total. The van der Waals surface area contributed by atoms with Crippen molar-refractivity contribution in [3.05, 3.63) is 59.2 Å². The Hall–Kier alpha value is -1.88. The molecule has 0 aromatic heterocycles. The highest BCUT2D eigenvalue weighted by molar-refractivity contribution is 8.00. The summed E-state index contributed by atoms with van der Waals surface area (Å²) in [4.78, 5) is 12.8. The van der Waals surface area contributed by atoms with Gasteiger partial charge in [0.25, 0.3) is 0 Å². The summed E-state index contributed by atoms with van der Waals surface area (Å²) in [5.41, 5.74) is 2.34. The molecule has 2 aromatic rings. The van der Waals surface area contributed by atoms with Gasteiger partial charge in [0.05, 0.1) is 11.4 Å². The molecule has 1 amide bonds. The van der Waals surface area contributed by atoms with Gasteiger partial charge in [-0.05, 0) is 49.2 Å². The average Bonchev–Trinajstić information content (AvgIpc) is 2.43. The van der Waals surface area contributed by atoms with Gasteiger partial charge in [0.15, 0.2) is 0 Å². The number of halogens is 2. The topological polar surface area (TPSA) is 29.1 Å². The lowest BCUT2D eigenvalue weighted by atomic mass is 10.1. The van der Waals surface area contributed by atoms with Gasteiger partial charge in [-0.1, -0.05) is 6.07 Å². The van der Waals surface area contributed by atoms with Crippen molar-refractivity contribution in [3.8, 4) is 0 Å². The van der Waals surface area contributed by atoms with E-state index in [2.05, 4.69) is 5.32 Å². The zero-order valence-corrected chi connectivity index (χ0v) is 12.6. The van der Waals surface area contributed by atoms with E-state index in [-0.39, 0.29) is 17.3 Å². The van der Waals surface area contributed by atoms with Gasteiger partial charge in [-0.15, -0.1) is 11.8 Å². The van der Waals surface area contributed by atoms with Crippen LogP contribution in [0.25, 0.3) is 0 Å². The SMILES string of the molecule is Cc1ccc(SCC(=O)Nc2ccc(F)cc2F)cc1C. The molecule has 0 spiro atoms. The van der Waals surface area contributed by atoms with Gasteiger partial charge in [0.2, 0.25) is 5.91 Å². The summed E-state index contributed by atoms with van der Waals surface area (Å²) in [5.74, 6) is -1.61. The van der Waals surface area contributed by atoms with Gasteiger partial charge >= 0.3 is 0 Å². The largest absolute Gasteiger partial charge is 0.323 e. The van der Waals surface area contributed by atoms with Gasteiger partial charge in [-0.25, -0.2) is 8.78 Å². The molecule has 0 saturated heterocycles. The maximum Gasteiger partial charge on any atom is 0.234 e. The predicted octanol–water partition coefficient (Wildman–Crippen LogP) is 4.31. The van der Waals surface area contributed by atoms with E-state index in [9.17, 15) is 13.6 Å². The lowest BCUT2D eigenvalue weighted by Gasteiger charge is -2.07. The van der Waals surface area contributed by atoms with Gasteiger partial charge in [-0.2, -0.15) is 0 Å². The van der Waals surface area contributed by atoms with Crippen LogP contribution in [0.5, 0.6) is 0 Å². The number of benzene rings is 2. The second-order valence-corrected chi connectivity index (χ2v) is 5.76. The van der Waals surface area contributed by atoms with Gasteiger partial charge in [-0.3, -0.25) is 4.79 Å². The Labute approximate surface area is 126 Å². The maximum absolute atomic E-state index is 13.4. The number of rotatable bonds is 4. The van der Waals surface area contributed by atoms with Crippen LogP contribution in [0.1, 0.15) is 11.1 Å². The van der Waals surface area contributed by atoms with Crippen molar-refractivity contribution in [2.75, 3.05) is 11.1 Å². The molecule has 2 rings (SSSR count). The summed E-state index contributed by atoms with van der Waals surface area (Å²) in [5, 5.41) is 2.43. The molecule has 5 heteroatoms. The van der Waals surface area contributed by atoms with Crippen molar-refractivity contribution in [1.29, 1.82) is 0 Å². The monoisotopic (exact) mass is 307 g/mol. The zero-order chi connectivity index (χ0) is 15.4. The van der Waals surface area contributed by atoms with Crippen LogP contribution >= 0.6 is 11.8 Å². The summed E-state index contributed by atoms with van der Waals surface area (Å²) in [6, 6.07) is 9.00. The third kappa shape index (κ3) is 4.29. The third-order valence-electron chi connectivity index (χ3n) is 3.05. The zero-order valence-electron chi connectivity index (χ0n) is 11.7. The molecule has 0 aliphatic heterocycles. The van der Waals surface area contributed by atoms with Crippen molar-refractivity contribution < 1.29 is 13.6 Å². The highest BCUT2D eigenvalue weighted by Gasteiger charge is 2.08. The summed E-state index contributed by atoms with van der Waals surface area (Å²) in [6.45, 7) is 4.03. The molecule has 2 nitrogen and oxygen atoms in total. The summed E-state index contributed by atoms with van der Waals surface area (Å²) in [6.07, 6.45) is 0. The number of carbonyl (C=O) groups excluding carboxylic acids is 1. The highest BCUT2D eigenvalue weighted by atomic mass is 32.2. The first-order chi connectivity index (χ1) is 9.95. The molecule has 0 aliphatic carbocycles. The summed E-state index contributed by atoms with van der Waals surface area (Å²) in [7, 11) is 0. The minimum atomic E-state index is -0.778. The Balaban J connectivity index is 1.94. The second-order valence-electron chi connectivity index (χ2n) is 4.71. The average molecular weight is 307 g/mol. The Kier molecular flexibility index (Phi) is 4.96. The van der Waals surface area contributed by atoms with Crippen LogP contribution in [0.15, 0.2) is 41.3 Å². The van der Waals surface area contributed by atoms with Crippen LogP contribution < -0.4 is 5.32 Å². The standard InChI is InChI=1S/C16H15F2NOS/c1-10-3-5-13(7-11(10)2)21-9-16(20)19-15-6-4-12(17)8-14(15)18/h3-8H,9H2,1-2H3,(H,19,20). The molecule has 0 bridgehead atoms. The van der Waals surface area contributed by atoms with Crippen molar-refractivity contribution >= 4 is 23.4 Å². The third-order valence-corrected chi connectivity index (χ3v) is 4.05. The van der Waals surface area contributed by atoms with Gasteiger partial charge < -0.3 is 5.32 Å². The normalized spacial score (nSPS) is 10.5. The maximum atomic E-state index is 13.4. The highest BCUT2D eigenvalue weighted by Crippen LogP contribution is 2.22. The molecule has 0 unspecified atom stereocenters. The van der Waals surface area contributed by atoms with Crippen LogP contribution in [0.3, 0.4) is 0 Å². The van der Waals surface area contributed by atoms with Gasteiger partial charge in [0.1, 0.15) is 11.6 Å². The van der Waals surface area contributed by atoms with Crippen molar-refractivity contribution in [2.45, 2.75) is 18.7 Å². The number of amides is 1. The molecule has 2 aromatic carbocycles. The van der Waals surface area contributed by atoms with E-state index in [0.717, 1.165) is 22.6 Å². The lowest BCUT2D eigenvalue weighted by molar-refractivity contribution is -0.113. The molecule has 110 valence electrons. The van der Waals surface area contributed by atoms with E-state index in [1.165, 1.54) is 23.4 Å². The molecule has 0 fully saturated rings. The molecule has 0 aliphatic rings. The van der Waals surface area contributed by atoms with E-state index < -0.39 is 11.6 Å². The number of aryl methyl sites for hydroxylation is 2. The Morgan fingerprint density at radius 3 is 2.52 bits per heavy atom. The van der Waals surface area contributed by atoms with Crippen LogP contribution in [0.2, 0.25) is 0 Å². The molecule has 0 radical (unpaired) electrons. The van der Waals surface area contributed by atoms with Crippen LogP contribution in [-0.2, 0) is 4.79 Å². The number of hydrogen-bond acceptors (Lipinski definition) is 2. The first-order valence-corrected chi connectivity index (χ1v) is 7.39. The van der Waals surface area contributed by atoms with Crippen molar-refractivity contribution in [2.24, 2.45) is 0 Å². The summed E-state index contributed by atoms with van der Waals surface area (Å²) < 4.78 is 26.2. The fourth-order valence-corrected chi connectivity index (χ4v) is 2.52. The van der Waals surface area contributed by atoms with Crippen molar-refractivity contribution in [3.63, 3.8) is 0 Å². The molecule has 0 atom stereocenters. The minimum Gasteiger partial charge on any atom is -0.323 e. The Bertz CT molecular complexity index is 673.